The van der Waals surface area contributed by atoms with E-state index in [4.69, 9.17) is 5.73 Å². The monoisotopic (exact) mass is 399 g/mol. The van der Waals surface area contributed by atoms with E-state index in [0.29, 0.717) is 0 Å². The lowest BCUT2D eigenvalue weighted by Crippen LogP contribution is -2.26. The zero-order chi connectivity index (χ0) is 20.3. The molecule has 0 saturated heterocycles. The summed E-state index contributed by atoms with van der Waals surface area (Å²) in [6.45, 7) is -0.468. The Morgan fingerprint density at radius 2 is 1.93 bits per heavy atom. The molecule has 4 rings (SSSR count). The Bertz CT molecular complexity index is 1110. The van der Waals surface area contributed by atoms with E-state index in [-0.39, 0.29) is 33.7 Å². The molecule has 0 radical (unpaired) electrons. The first-order chi connectivity index (χ1) is 13.0. The molecule has 2 heterocycles. The number of hydrogen-bond donors (Lipinski definition) is 1. The normalized spacial score (nSPS) is 15.2. The van der Waals surface area contributed by atoms with Crippen molar-refractivity contribution in [2.45, 2.75) is 19.0 Å². The largest absolute Gasteiger partial charge is 0.586 e. The Kier molecular flexibility index (Phi) is 3.74. The van der Waals surface area contributed by atoms with Crippen molar-refractivity contribution in [1.82, 2.24) is 9.55 Å². The molecule has 1 aromatic heterocycles. The van der Waals surface area contributed by atoms with Crippen molar-refractivity contribution < 1.29 is 36.2 Å². The Balaban J connectivity index is 1.86. The number of fused-ring (bicyclic) bond motifs is 2. The van der Waals surface area contributed by atoms with Gasteiger partial charge in [0.1, 0.15) is 0 Å². The molecule has 3 aromatic rings. The number of carbonyl (C=O) groups excluding carboxylic acids is 1. The minimum atomic E-state index is -4.83. The number of nitrogens with two attached hydrogens (primary N) is 1. The summed E-state index contributed by atoms with van der Waals surface area (Å²) in [7, 11) is 0. The van der Waals surface area contributed by atoms with Crippen LogP contribution in [0.1, 0.15) is 21.7 Å². The van der Waals surface area contributed by atoms with E-state index in [1.54, 1.807) is 0 Å². The first kappa shape index (κ1) is 18.0. The van der Waals surface area contributed by atoms with Gasteiger partial charge in [0.15, 0.2) is 11.5 Å². The predicted molar refractivity (Wildman–Crippen MR) is 85.0 cm³/mol. The van der Waals surface area contributed by atoms with Gasteiger partial charge in [0.25, 0.3) is 0 Å². The van der Waals surface area contributed by atoms with Crippen LogP contribution in [0, 0.1) is 0 Å². The molecule has 0 fully saturated rings. The molecule has 2 aromatic carbocycles. The van der Waals surface area contributed by atoms with Crippen molar-refractivity contribution in [3.8, 4) is 11.5 Å². The standard InChI is InChI=1S/C17H10F5N3O3/c18-16(19,20)15-24-10-6-8(14(23)26)4-5-11(10)25(15)7-9-2-1-3-12-13(9)28-17(21,22)27-12/h1-6H,7H2,(H2,23,26). The van der Waals surface area contributed by atoms with Gasteiger partial charge >= 0.3 is 12.5 Å². The number of alkyl halides is 5. The molecule has 6 nitrogen and oxygen atoms in total. The number of rotatable bonds is 3. The third-order valence-corrected chi connectivity index (χ3v) is 4.12. The SMILES string of the molecule is NC(=O)c1ccc2c(c1)nc(C(F)(F)F)n2Cc1cccc2c1OC(F)(F)O2. The highest BCUT2D eigenvalue weighted by atomic mass is 19.4. The quantitative estimate of drug-likeness (QED) is 0.684. The molecule has 0 spiro atoms. The fourth-order valence-electron chi connectivity index (χ4n) is 2.98. The van der Waals surface area contributed by atoms with Gasteiger partial charge in [0.05, 0.1) is 17.6 Å². The van der Waals surface area contributed by atoms with Crippen LogP contribution in [-0.4, -0.2) is 21.8 Å². The smallest absolute Gasteiger partial charge is 0.395 e. The summed E-state index contributed by atoms with van der Waals surface area (Å²) < 4.78 is 76.7. The zero-order valence-corrected chi connectivity index (χ0v) is 13.8. The van der Waals surface area contributed by atoms with E-state index in [0.717, 1.165) is 10.6 Å². The molecular weight excluding hydrogens is 389 g/mol. The first-order valence-electron chi connectivity index (χ1n) is 7.80. The third kappa shape index (κ3) is 2.98. The lowest BCUT2D eigenvalue weighted by atomic mass is 10.1. The summed E-state index contributed by atoms with van der Waals surface area (Å²) in [6, 6.07) is 7.56. The van der Waals surface area contributed by atoms with E-state index in [9.17, 15) is 26.7 Å². The fraction of sp³-hybridized carbons (Fsp3) is 0.176. The summed E-state index contributed by atoms with van der Waals surface area (Å²) in [5.74, 6) is -2.71. The molecule has 146 valence electrons. The fourth-order valence-corrected chi connectivity index (χ4v) is 2.98. The topological polar surface area (TPSA) is 79.4 Å². The van der Waals surface area contributed by atoms with E-state index >= 15 is 0 Å². The second kappa shape index (κ2) is 5.81. The van der Waals surface area contributed by atoms with Gasteiger partial charge in [-0.15, -0.1) is 8.78 Å². The van der Waals surface area contributed by atoms with Gasteiger partial charge in [-0.2, -0.15) is 13.2 Å². The number of halogens is 5. The van der Waals surface area contributed by atoms with Crippen molar-refractivity contribution in [3.63, 3.8) is 0 Å². The van der Waals surface area contributed by atoms with Gasteiger partial charge in [0, 0.05) is 11.1 Å². The Morgan fingerprint density at radius 3 is 2.61 bits per heavy atom. The molecule has 0 saturated carbocycles. The molecule has 0 aliphatic carbocycles. The molecule has 1 aliphatic rings. The molecule has 11 heteroatoms. The predicted octanol–water partition coefficient (Wildman–Crippen LogP) is 3.52. The lowest BCUT2D eigenvalue weighted by molar-refractivity contribution is -0.287. The van der Waals surface area contributed by atoms with Gasteiger partial charge in [-0.25, -0.2) is 4.98 Å². The van der Waals surface area contributed by atoms with Crippen molar-refractivity contribution in [3.05, 3.63) is 53.3 Å². The van der Waals surface area contributed by atoms with E-state index in [2.05, 4.69) is 14.5 Å². The number of imidazole rings is 1. The third-order valence-electron chi connectivity index (χ3n) is 4.12. The number of nitrogens with zero attached hydrogens (tertiary/aromatic N) is 2. The number of amides is 1. The molecule has 0 unspecified atom stereocenters. The Hall–Kier alpha value is -3.37. The minimum Gasteiger partial charge on any atom is -0.395 e. The maximum absolute atomic E-state index is 13.5. The zero-order valence-electron chi connectivity index (χ0n) is 13.8. The van der Waals surface area contributed by atoms with E-state index in [1.165, 1.54) is 30.3 Å². The Labute approximate surface area is 153 Å². The summed E-state index contributed by atoms with van der Waals surface area (Å²) >= 11 is 0. The summed E-state index contributed by atoms with van der Waals surface area (Å²) in [6.07, 6.45) is -8.73. The first-order valence-corrected chi connectivity index (χ1v) is 7.80. The number of aromatic nitrogens is 2. The molecule has 0 bridgehead atoms. The number of benzene rings is 2. The van der Waals surface area contributed by atoms with Crippen molar-refractivity contribution >= 4 is 16.9 Å². The number of hydrogen-bond acceptors (Lipinski definition) is 4. The minimum absolute atomic E-state index is 0.0112. The van der Waals surface area contributed by atoms with Crippen LogP contribution in [0.5, 0.6) is 11.5 Å². The highest BCUT2D eigenvalue weighted by Gasteiger charge is 2.45. The van der Waals surface area contributed by atoms with Gasteiger partial charge in [-0.1, -0.05) is 12.1 Å². The lowest BCUT2D eigenvalue weighted by Gasteiger charge is -2.13. The van der Waals surface area contributed by atoms with Gasteiger partial charge < -0.3 is 19.8 Å². The molecule has 1 amide bonds. The van der Waals surface area contributed by atoms with Gasteiger partial charge in [-0.3, -0.25) is 4.79 Å². The van der Waals surface area contributed by atoms with Crippen molar-refractivity contribution in [2.75, 3.05) is 0 Å². The van der Waals surface area contributed by atoms with Crippen LogP contribution in [0.3, 0.4) is 0 Å². The maximum Gasteiger partial charge on any atom is 0.586 e. The molecular formula is C17H10F5N3O3. The number of para-hydroxylation sites is 1. The van der Waals surface area contributed by atoms with Crippen LogP contribution in [0.15, 0.2) is 36.4 Å². The van der Waals surface area contributed by atoms with Crippen LogP contribution >= 0.6 is 0 Å². The number of carbonyl (C=O) groups is 1. The summed E-state index contributed by atoms with van der Waals surface area (Å²) in [5, 5.41) is 0. The van der Waals surface area contributed by atoms with Gasteiger partial charge in [-0.05, 0) is 24.3 Å². The van der Waals surface area contributed by atoms with E-state index in [1.807, 2.05) is 0 Å². The molecule has 2 N–H and O–H groups in total. The van der Waals surface area contributed by atoms with Crippen LogP contribution in [0.4, 0.5) is 22.0 Å². The molecule has 0 atom stereocenters. The van der Waals surface area contributed by atoms with Crippen molar-refractivity contribution in [2.24, 2.45) is 5.73 Å². The van der Waals surface area contributed by atoms with Crippen molar-refractivity contribution in [1.29, 1.82) is 0 Å². The number of ether oxygens (including phenoxy) is 2. The van der Waals surface area contributed by atoms with Gasteiger partial charge in [0.2, 0.25) is 11.7 Å². The average Bonchev–Trinajstić information content (AvgIpc) is 3.11. The van der Waals surface area contributed by atoms with Crippen LogP contribution < -0.4 is 15.2 Å². The highest BCUT2D eigenvalue weighted by molar-refractivity contribution is 5.96. The summed E-state index contributed by atoms with van der Waals surface area (Å²) in [5.41, 5.74) is 5.11. The maximum atomic E-state index is 13.5. The van der Waals surface area contributed by atoms with Crippen LogP contribution in [0.25, 0.3) is 11.0 Å². The van der Waals surface area contributed by atoms with E-state index < -0.39 is 30.7 Å². The summed E-state index contributed by atoms with van der Waals surface area (Å²) in [4.78, 5) is 14.8. The van der Waals surface area contributed by atoms with Crippen LogP contribution in [0.2, 0.25) is 0 Å². The molecule has 1 aliphatic heterocycles. The number of primary amides is 1. The second-order valence-electron chi connectivity index (χ2n) is 6.00. The Morgan fingerprint density at radius 1 is 1.18 bits per heavy atom. The molecule has 28 heavy (non-hydrogen) atoms. The second-order valence-corrected chi connectivity index (χ2v) is 6.00. The van der Waals surface area contributed by atoms with Crippen LogP contribution in [-0.2, 0) is 12.7 Å². The highest BCUT2D eigenvalue weighted by Crippen LogP contribution is 2.44. The average molecular weight is 399 g/mol.